The van der Waals surface area contributed by atoms with Crippen LogP contribution in [-0.4, -0.2) is 31.6 Å². The van der Waals surface area contributed by atoms with Gasteiger partial charge in [-0.1, -0.05) is 30.1 Å². The summed E-state index contributed by atoms with van der Waals surface area (Å²) in [6.07, 6.45) is 2.59. The van der Waals surface area contributed by atoms with E-state index in [1.807, 2.05) is 0 Å². The third kappa shape index (κ3) is 4.91. The van der Waals surface area contributed by atoms with Gasteiger partial charge in [0.05, 0.1) is 28.3 Å². The van der Waals surface area contributed by atoms with Crippen molar-refractivity contribution in [3.63, 3.8) is 0 Å². The fourth-order valence-electron chi connectivity index (χ4n) is 3.16. The zero-order chi connectivity index (χ0) is 21.1. The normalized spacial score (nSPS) is 15.4. The van der Waals surface area contributed by atoms with Crippen molar-refractivity contribution in [3.05, 3.63) is 49.8 Å². The van der Waals surface area contributed by atoms with Crippen LogP contribution in [0.25, 0.3) is 0 Å². The van der Waals surface area contributed by atoms with Gasteiger partial charge >= 0.3 is 11.9 Å². The molecule has 3 rings (SSSR count). The van der Waals surface area contributed by atoms with E-state index in [0.717, 1.165) is 29.7 Å². The molecular weight excluding hydrogens is 437 g/mol. The monoisotopic (exact) mass is 455 g/mol. The predicted molar refractivity (Wildman–Crippen MR) is 112 cm³/mol. The number of methoxy groups -OCH3 is 1. The van der Waals surface area contributed by atoms with Crippen molar-refractivity contribution >= 4 is 57.4 Å². The lowest BCUT2D eigenvalue weighted by molar-refractivity contribution is -0.119. The molecule has 0 bridgehead atoms. The van der Waals surface area contributed by atoms with Gasteiger partial charge in [0.25, 0.3) is 5.91 Å². The SMILES string of the molecule is COC(=O)c1c(NC(=O)COC(=O)c2ccc(Cl)c(Cl)c2)sc2c1CCC(C)C2. The number of amides is 1. The second-order valence-electron chi connectivity index (χ2n) is 6.80. The molecule has 1 amide bonds. The molecule has 1 atom stereocenters. The summed E-state index contributed by atoms with van der Waals surface area (Å²) in [5, 5.41) is 3.63. The first-order chi connectivity index (χ1) is 13.8. The van der Waals surface area contributed by atoms with Crippen molar-refractivity contribution in [1.29, 1.82) is 0 Å². The van der Waals surface area contributed by atoms with E-state index in [-0.39, 0.29) is 10.6 Å². The Balaban J connectivity index is 1.69. The molecule has 1 aliphatic rings. The van der Waals surface area contributed by atoms with Crippen LogP contribution >= 0.6 is 34.5 Å². The number of halogens is 2. The Morgan fingerprint density at radius 2 is 1.97 bits per heavy atom. The summed E-state index contributed by atoms with van der Waals surface area (Å²) in [5.74, 6) is -1.22. The van der Waals surface area contributed by atoms with Gasteiger partial charge < -0.3 is 14.8 Å². The highest BCUT2D eigenvalue weighted by Crippen LogP contribution is 2.40. The molecule has 154 valence electrons. The molecule has 1 aliphatic carbocycles. The van der Waals surface area contributed by atoms with Gasteiger partial charge in [0, 0.05) is 4.88 Å². The fourth-order valence-corrected chi connectivity index (χ4v) is 4.87. The summed E-state index contributed by atoms with van der Waals surface area (Å²) in [6, 6.07) is 4.30. The van der Waals surface area contributed by atoms with E-state index >= 15 is 0 Å². The third-order valence-electron chi connectivity index (χ3n) is 4.64. The van der Waals surface area contributed by atoms with E-state index in [1.165, 1.54) is 36.6 Å². The second kappa shape index (κ2) is 9.15. The Labute approximate surface area is 182 Å². The third-order valence-corrected chi connectivity index (χ3v) is 6.55. The molecule has 1 aromatic heterocycles. The minimum Gasteiger partial charge on any atom is -0.465 e. The average Bonchev–Trinajstić information content (AvgIpc) is 3.04. The molecule has 1 aromatic carbocycles. The average molecular weight is 456 g/mol. The Bertz CT molecular complexity index is 972. The second-order valence-corrected chi connectivity index (χ2v) is 8.72. The predicted octanol–water partition coefficient (Wildman–Crippen LogP) is 4.76. The summed E-state index contributed by atoms with van der Waals surface area (Å²) < 4.78 is 9.93. The maximum atomic E-state index is 12.3. The maximum absolute atomic E-state index is 12.3. The van der Waals surface area contributed by atoms with Gasteiger partial charge in [0.2, 0.25) is 0 Å². The van der Waals surface area contributed by atoms with Crippen LogP contribution in [0.4, 0.5) is 5.00 Å². The first kappa shape index (κ1) is 21.6. The largest absolute Gasteiger partial charge is 0.465 e. The number of hydrogen-bond acceptors (Lipinski definition) is 6. The van der Waals surface area contributed by atoms with Crippen LogP contribution in [0.3, 0.4) is 0 Å². The first-order valence-corrected chi connectivity index (χ1v) is 10.5. The van der Waals surface area contributed by atoms with Crippen molar-refractivity contribution in [2.45, 2.75) is 26.2 Å². The van der Waals surface area contributed by atoms with Crippen LogP contribution in [0, 0.1) is 5.92 Å². The minimum absolute atomic E-state index is 0.183. The molecule has 0 saturated carbocycles. The number of ether oxygens (including phenoxy) is 2. The maximum Gasteiger partial charge on any atom is 0.341 e. The van der Waals surface area contributed by atoms with Crippen LogP contribution in [0.15, 0.2) is 18.2 Å². The van der Waals surface area contributed by atoms with Crippen LogP contribution in [0.5, 0.6) is 0 Å². The number of carbonyl (C=O) groups is 3. The number of fused-ring (bicyclic) bond motifs is 1. The molecule has 1 N–H and O–H groups in total. The number of rotatable bonds is 5. The van der Waals surface area contributed by atoms with E-state index in [2.05, 4.69) is 12.2 Å². The molecule has 29 heavy (non-hydrogen) atoms. The molecule has 0 saturated heterocycles. The van der Waals surface area contributed by atoms with Gasteiger partial charge in [-0.2, -0.15) is 0 Å². The van der Waals surface area contributed by atoms with Gasteiger partial charge in [-0.25, -0.2) is 9.59 Å². The summed E-state index contributed by atoms with van der Waals surface area (Å²) >= 11 is 13.1. The smallest absolute Gasteiger partial charge is 0.341 e. The number of esters is 2. The lowest BCUT2D eigenvalue weighted by Gasteiger charge is -2.18. The van der Waals surface area contributed by atoms with Gasteiger partial charge in [-0.15, -0.1) is 11.3 Å². The number of thiophene rings is 1. The lowest BCUT2D eigenvalue weighted by Crippen LogP contribution is -2.22. The lowest BCUT2D eigenvalue weighted by atomic mass is 9.88. The Morgan fingerprint density at radius 3 is 2.66 bits per heavy atom. The van der Waals surface area contributed by atoms with Crippen molar-refractivity contribution < 1.29 is 23.9 Å². The molecule has 0 fully saturated rings. The standard InChI is InChI=1S/C20H19Cl2NO5S/c1-10-3-5-12-15(7-10)29-18(17(12)20(26)27-2)23-16(24)9-28-19(25)11-4-6-13(21)14(22)8-11/h4,6,8,10H,3,5,7,9H2,1-2H3,(H,23,24). The van der Waals surface area contributed by atoms with E-state index < -0.39 is 24.5 Å². The summed E-state index contributed by atoms with van der Waals surface area (Å²) in [4.78, 5) is 37.8. The molecule has 0 aliphatic heterocycles. The van der Waals surface area contributed by atoms with Crippen LogP contribution in [-0.2, 0) is 27.1 Å². The van der Waals surface area contributed by atoms with Crippen LogP contribution < -0.4 is 5.32 Å². The molecule has 9 heteroatoms. The molecule has 1 unspecified atom stereocenters. The Morgan fingerprint density at radius 1 is 1.21 bits per heavy atom. The van der Waals surface area contributed by atoms with Gasteiger partial charge in [0.1, 0.15) is 5.00 Å². The van der Waals surface area contributed by atoms with E-state index in [4.69, 9.17) is 32.7 Å². The number of nitrogens with one attached hydrogen (secondary N) is 1. The highest BCUT2D eigenvalue weighted by Gasteiger charge is 2.29. The molecule has 6 nitrogen and oxygen atoms in total. The minimum atomic E-state index is -0.703. The summed E-state index contributed by atoms with van der Waals surface area (Å²) in [6.45, 7) is 1.65. The fraction of sp³-hybridized carbons (Fsp3) is 0.350. The molecule has 1 heterocycles. The van der Waals surface area contributed by atoms with Gasteiger partial charge in [-0.3, -0.25) is 4.79 Å². The summed E-state index contributed by atoms with van der Waals surface area (Å²) in [7, 11) is 1.31. The zero-order valence-corrected chi connectivity index (χ0v) is 18.2. The van der Waals surface area contributed by atoms with Crippen molar-refractivity contribution in [2.75, 3.05) is 19.0 Å². The topological polar surface area (TPSA) is 81.7 Å². The number of anilines is 1. The Hall–Kier alpha value is -2.09. The quantitative estimate of drug-likeness (QED) is 0.656. The number of carbonyl (C=O) groups excluding carboxylic acids is 3. The van der Waals surface area contributed by atoms with E-state index in [9.17, 15) is 14.4 Å². The summed E-state index contributed by atoms with van der Waals surface area (Å²) in [5.41, 5.74) is 1.51. The first-order valence-electron chi connectivity index (χ1n) is 8.95. The zero-order valence-electron chi connectivity index (χ0n) is 15.8. The van der Waals surface area contributed by atoms with Crippen molar-refractivity contribution in [2.24, 2.45) is 5.92 Å². The molecular formula is C20H19Cl2NO5S. The molecule has 0 radical (unpaired) electrons. The number of hydrogen-bond donors (Lipinski definition) is 1. The highest BCUT2D eigenvalue weighted by molar-refractivity contribution is 7.17. The number of benzene rings is 1. The van der Waals surface area contributed by atoms with Gasteiger partial charge in [-0.05, 0) is 48.9 Å². The molecule has 2 aromatic rings. The van der Waals surface area contributed by atoms with Crippen molar-refractivity contribution in [1.82, 2.24) is 0 Å². The highest BCUT2D eigenvalue weighted by atomic mass is 35.5. The van der Waals surface area contributed by atoms with Crippen molar-refractivity contribution in [3.8, 4) is 0 Å². The van der Waals surface area contributed by atoms with Gasteiger partial charge in [0.15, 0.2) is 6.61 Å². The van der Waals surface area contributed by atoms with Crippen LogP contribution in [0.2, 0.25) is 10.0 Å². The van der Waals surface area contributed by atoms with E-state index in [1.54, 1.807) is 0 Å². The van der Waals surface area contributed by atoms with Crippen LogP contribution in [0.1, 0.15) is 44.5 Å². The molecule has 0 spiro atoms. The van der Waals surface area contributed by atoms with E-state index in [0.29, 0.717) is 21.5 Å². The Kier molecular flexibility index (Phi) is 6.82.